The molecule has 1 aliphatic rings. The first-order valence-corrected chi connectivity index (χ1v) is 8.57. The minimum atomic E-state index is -0.237. The van der Waals surface area contributed by atoms with E-state index in [1.165, 1.54) is 6.20 Å². The molecule has 0 radical (unpaired) electrons. The first-order valence-electron chi connectivity index (χ1n) is 8.57. The molecule has 1 atom stereocenters. The molecule has 128 valence electrons. The minimum Gasteiger partial charge on any atom is -0.353 e. The number of para-hydroxylation sites is 1. The summed E-state index contributed by atoms with van der Waals surface area (Å²) in [5.41, 5.74) is 10.0. The van der Waals surface area contributed by atoms with Crippen molar-refractivity contribution >= 4 is 16.8 Å². The molecular formula is C19H21N5O. The number of hydrogen-bond acceptors (Lipinski definition) is 4. The van der Waals surface area contributed by atoms with E-state index in [9.17, 15) is 4.79 Å². The van der Waals surface area contributed by atoms with Crippen LogP contribution in [0.15, 0.2) is 36.7 Å². The van der Waals surface area contributed by atoms with E-state index >= 15 is 0 Å². The number of aryl methyl sites for hydroxylation is 1. The standard InChI is InChI=1S/C19H21N5O/c1-11-13-4-2-3-5-15(13)24-18(11)16-9-21-10-17(23-16)19(25)22-8-14(20)12-6-7-12/h2-5,9-10,12,14,24H,6-8,20H2,1H3,(H,22,25)/t14-/m1/s1. The smallest absolute Gasteiger partial charge is 0.271 e. The van der Waals surface area contributed by atoms with Gasteiger partial charge >= 0.3 is 0 Å². The fraction of sp³-hybridized carbons (Fsp3) is 0.316. The number of carbonyl (C=O) groups excluding carboxylic acids is 1. The fourth-order valence-electron chi connectivity index (χ4n) is 3.13. The van der Waals surface area contributed by atoms with Gasteiger partial charge in [-0.3, -0.25) is 9.78 Å². The molecule has 1 amide bonds. The average Bonchev–Trinajstić information content (AvgIpc) is 3.44. The highest BCUT2D eigenvalue weighted by molar-refractivity contribution is 5.93. The van der Waals surface area contributed by atoms with Crippen LogP contribution < -0.4 is 11.1 Å². The quantitative estimate of drug-likeness (QED) is 0.667. The Hall–Kier alpha value is -2.73. The molecular weight excluding hydrogens is 314 g/mol. The highest BCUT2D eigenvalue weighted by Crippen LogP contribution is 2.31. The maximum absolute atomic E-state index is 12.4. The van der Waals surface area contributed by atoms with Crippen molar-refractivity contribution in [2.45, 2.75) is 25.8 Å². The largest absolute Gasteiger partial charge is 0.353 e. The van der Waals surface area contributed by atoms with Crippen molar-refractivity contribution in [1.82, 2.24) is 20.3 Å². The molecule has 6 nitrogen and oxygen atoms in total. The second kappa shape index (κ2) is 6.29. The van der Waals surface area contributed by atoms with Gasteiger partial charge in [-0.15, -0.1) is 0 Å². The summed E-state index contributed by atoms with van der Waals surface area (Å²) >= 11 is 0. The molecule has 0 saturated heterocycles. The molecule has 3 aromatic rings. The van der Waals surface area contributed by atoms with E-state index in [1.54, 1.807) is 6.20 Å². The highest BCUT2D eigenvalue weighted by atomic mass is 16.1. The predicted octanol–water partition coefficient (Wildman–Crippen LogP) is 2.40. The van der Waals surface area contributed by atoms with E-state index in [1.807, 2.05) is 25.1 Å². The molecule has 0 aliphatic heterocycles. The summed E-state index contributed by atoms with van der Waals surface area (Å²) in [7, 11) is 0. The van der Waals surface area contributed by atoms with Gasteiger partial charge in [0.15, 0.2) is 0 Å². The maximum atomic E-state index is 12.4. The Morgan fingerprint density at radius 2 is 2.16 bits per heavy atom. The molecule has 2 heterocycles. The lowest BCUT2D eigenvalue weighted by Crippen LogP contribution is -2.38. The summed E-state index contributed by atoms with van der Waals surface area (Å²) in [4.78, 5) is 24.4. The lowest BCUT2D eigenvalue weighted by atomic mass is 10.1. The van der Waals surface area contributed by atoms with Crippen LogP contribution in [0.1, 0.15) is 28.9 Å². The number of nitrogens with zero attached hydrogens (tertiary/aromatic N) is 2. The summed E-state index contributed by atoms with van der Waals surface area (Å²) in [5.74, 6) is 0.311. The number of fused-ring (bicyclic) bond motifs is 1. The number of nitrogens with one attached hydrogen (secondary N) is 2. The number of hydrogen-bond donors (Lipinski definition) is 3. The van der Waals surface area contributed by atoms with E-state index in [-0.39, 0.29) is 11.9 Å². The van der Waals surface area contributed by atoms with Crippen molar-refractivity contribution in [1.29, 1.82) is 0 Å². The molecule has 4 N–H and O–H groups in total. The Balaban J connectivity index is 1.57. The number of aromatic nitrogens is 3. The van der Waals surface area contributed by atoms with Crippen LogP contribution >= 0.6 is 0 Å². The number of benzene rings is 1. The molecule has 0 bridgehead atoms. The van der Waals surface area contributed by atoms with E-state index in [0.717, 1.165) is 35.0 Å². The molecule has 1 aromatic carbocycles. The van der Waals surface area contributed by atoms with Crippen molar-refractivity contribution in [3.05, 3.63) is 47.9 Å². The zero-order chi connectivity index (χ0) is 17.4. The third kappa shape index (κ3) is 3.13. The van der Waals surface area contributed by atoms with E-state index in [4.69, 9.17) is 5.73 Å². The van der Waals surface area contributed by atoms with Gasteiger partial charge in [0.25, 0.3) is 5.91 Å². The third-order valence-electron chi connectivity index (χ3n) is 4.81. The average molecular weight is 335 g/mol. The van der Waals surface area contributed by atoms with Crippen LogP contribution in [0.2, 0.25) is 0 Å². The second-order valence-corrected chi connectivity index (χ2v) is 6.67. The first kappa shape index (κ1) is 15.8. The monoisotopic (exact) mass is 335 g/mol. The number of aromatic amines is 1. The summed E-state index contributed by atoms with van der Waals surface area (Å²) in [6.45, 7) is 2.51. The highest BCUT2D eigenvalue weighted by Gasteiger charge is 2.28. The Morgan fingerprint density at radius 1 is 1.36 bits per heavy atom. The number of amides is 1. The Labute approximate surface area is 145 Å². The normalized spacial score (nSPS) is 15.3. The van der Waals surface area contributed by atoms with Gasteiger partial charge in [0.1, 0.15) is 11.4 Å². The van der Waals surface area contributed by atoms with Gasteiger partial charge in [0, 0.05) is 23.5 Å². The van der Waals surface area contributed by atoms with Crippen LogP contribution in [-0.4, -0.2) is 33.4 Å². The lowest BCUT2D eigenvalue weighted by Gasteiger charge is -2.11. The van der Waals surface area contributed by atoms with Gasteiger partial charge in [-0.2, -0.15) is 0 Å². The summed E-state index contributed by atoms with van der Waals surface area (Å²) in [6.07, 6.45) is 5.47. The van der Waals surface area contributed by atoms with E-state index in [2.05, 4.69) is 26.3 Å². The molecule has 25 heavy (non-hydrogen) atoms. The summed E-state index contributed by atoms with van der Waals surface area (Å²) in [5, 5.41) is 4.01. The molecule has 1 saturated carbocycles. The van der Waals surface area contributed by atoms with Crippen molar-refractivity contribution in [3.8, 4) is 11.4 Å². The van der Waals surface area contributed by atoms with Crippen molar-refractivity contribution < 1.29 is 4.79 Å². The van der Waals surface area contributed by atoms with Crippen LogP contribution in [0.3, 0.4) is 0 Å². The Bertz CT molecular complexity index is 928. The van der Waals surface area contributed by atoms with Gasteiger partial charge in [-0.1, -0.05) is 18.2 Å². The van der Waals surface area contributed by atoms with Crippen molar-refractivity contribution in [3.63, 3.8) is 0 Å². The van der Waals surface area contributed by atoms with Crippen LogP contribution in [-0.2, 0) is 0 Å². The van der Waals surface area contributed by atoms with Crippen LogP contribution in [0, 0.1) is 12.8 Å². The number of rotatable bonds is 5. The summed E-state index contributed by atoms with van der Waals surface area (Å²) in [6, 6.07) is 8.10. The zero-order valence-corrected chi connectivity index (χ0v) is 14.1. The van der Waals surface area contributed by atoms with Gasteiger partial charge in [0.2, 0.25) is 0 Å². The van der Waals surface area contributed by atoms with Crippen LogP contribution in [0.25, 0.3) is 22.3 Å². The van der Waals surface area contributed by atoms with E-state index < -0.39 is 0 Å². The second-order valence-electron chi connectivity index (χ2n) is 6.67. The maximum Gasteiger partial charge on any atom is 0.271 e. The van der Waals surface area contributed by atoms with Crippen LogP contribution in [0.4, 0.5) is 0 Å². The topological polar surface area (TPSA) is 96.7 Å². The Morgan fingerprint density at radius 3 is 2.92 bits per heavy atom. The third-order valence-corrected chi connectivity index (χ3v) is 4.81. The van der Waals surface area contributed by atoms with Gasteiger partial charge < -0.3 is 16.0 Å². The Kier molecular flexibility index (Phi) is 3.97. The number of H-pyrrole nitrogens is 1. The number of carbonyl (C=O) groups is 1. The molecule has 1 fully saturated rings. The number of nitrogens with two attached hydrogens (primary N) is 1. The van der Waals surface area contributed by atoms with Crippen LogP contribution in [0.5, 0.6) is 0 Å². The summed E-state index contributed by atoms with van der Waals surface area (Å²) < 4.78 is 0. The van der Waals surface area contributed by atoms with Gasteiger partial charge in [0.05, 0.1) is 18.1 Å². The molecule has 0 spiro atoms. The minimum absolute atomic E-state index is 0.0241. The van der Waals surface area contributed by atoms with Gasteiger partial charge in [-0.25, -0.2) is 4.98 Å². The predicted molar refractivity (Wildman–Crippen MR) is 97.1 cm³/mol. The molecule has 1 aliphatic carbocycles. The molecule has 0 unspecified atom stereocenters. The van der Waals surface area contributed by atoms with Crippen molar-refractivity contribution in [2.75, 3.05) is 6.54 Å². The zero-order valence-electron chi connectivity index (χ0n) is 14.1. The van der Waals surface area contributed by atoms with Gasteiger partial charge in [-0.05, 0) is 37.3 Å². The molecule has 6 heteroatoms. The van der Waals surface area contributed by atoms with E-state index in [0.29, 0.717) is 23.9 Å². The molecule has 2 aromatic heterocycles. The lowest BCUT2D eigenvalue weighted by molar-refractivity contribution is 0.0945. The SMILES string of the molecule is Cc1c(-c2cncc(C(=O)NC[C@@H](N)C3CC3)n2)[nH]c2ccccc12. The van der Waals surface area contributed by atoms with Crippen molar-refractivity contribution in [2.24, 2.45) is 11.7 Å². The fourth-order valence-corrected chi connectivity index (χ4v) is 3.13. The molecule has 4 rings (SSSR count). The first-order chi connectivity index (χ1) is 12.1.